The van der Waals surface area contributed by atoms with E-state index in [1.54, 1.807) is 20.8 Å². The quantitative estimate of drug-likeness (QED) is 0.460. The third kappa shape index (κ3) is 5.16. The molecule has 0 aromatic carbocycles. The molecule has 0 bridgehead atoms. The van der Waals surface area contributed by atoms with E-state index in [4.69, 9.17) is 9.47 Å². The van der Waals surface area contributed by atoms with Crippen molar-refractivity contribution in [1.29, 1.82) is 0 Å². The van der Waals surface area contributed by atoms with Crippen molar-refractivity contribution in [3.63, 3.8) is 0 Å². The zero-order valence-corrected chi connectivity index (χ0v) is 11.8. The fraction of sp³-hybridized carbons (Fsp3) is 0.846. The lowest BCUT2D eigenvalue weighted by molar-refractivity contribution is -0.172. The fourth-order valence-corrected chi connectivity index (χ4v) is 1.98. The zero-order valence-electron chi connectivity index (χ0n) is 11.8. The van der Waals surface area contributed by atoms with Crippen LogP contribution in [0.15, 0.2) is 0 Å². The van der Waals surface area contributed by atoms with Crippen LogP contribution in [0.3, 0.4) is 0 Å². The zero-order chi connectivity index (χ0) is 14.9. The van der Waals surface area contributed by atoms with Gasteiger partial charge in [0.25, 0.3) is 0 Å². The van der Waals surface area contributed by atoms with Crippen molar-refractivity contribution in [3.05, 3.63) is 0 Å². The summed E-state index contributed by atoms with van der Waals surface area (Å²) in [5.41, 5.74) is -1.69. The van der Waals surface area contributed by atoms with E-state index < -0.39 is 23.5 Å². The van der Waals surface area contributed by atoms with Crippen molar-refractivity contribution in [2.75, 3.05) is 19.8 Å². The molecule has 6 heteroatoms. The monoisotopic (exact) mass is 276 g/mol. The molecular formula is C13H24O6. The van der Waals surface area contributed by atoms with Gasteiger partial charge in [-0.3, -0.25) is 9.59 Å². The van der Waals surface area contributed by atoms with E-state index in [1.165, 1.54) is 0 Å². The van der Waals surface area contributed by atoms with Gasteiger partial charge in [-0.2, -0.15) is 0 Å². The Kier molecular flexibility index (Phi) is 8.34. The smallest absolute Gasteiger partial charge is 0.323 e. The first-order valence-corrected chi connectivity index (χ1v) is 6.61. The highest BCUT2D eigenvalue weighted by atomic mass is 16.5. The molecule has 0 aliphatic heterocycles. The van der Waals surface area contributed by atoms with E-state index in [0.717, 1.165) is 0 Å². The summed E-state index contributed by atoms with van der Waals surface area (Å²) in [6, 6.07) is 0. The molecule has 0 aromatic rings. The molecular weight excluding hydrogens is 252 g/mol. The van der Waals surface area contributed by atoms with E-state index in [2.05, 4.69) is 0 Å². The minimum Gasteiger partial charge on any atom is -0.480 e. The van der Waals surface area contributed by atoms with Gasteiger partial charge in [0, 0.05) is 13.0 Å². The number of carboxylic acids is 1. The lowest BCUT2D eigenvalue weighted by atomic mass is 9.78. The number of ether oxygens (including phenoxy) is 2. The van der Waals surface area contributed by atoms with E-state index >= 15 is 0 Å². The molecule has 112 valence electrons. The Balaban J connectivity index is 5.00. The Labute approximate surface area is 113 Å². The van der Waals surface area contributed by atoms with Gasteiger partial charge >= 0.3 is 11.9 Å². The van der Waals surface area contributed by atoms with E-state index in [-0.39, 0.29) is 26.1 Å². The summed E-state index contributed by atoms with van der Waals surface area (Å²) in [7, 11) is 0. The highest BCUT2D eigenvalue weighted by Gasteiger charge is 2.48. The molecule has 0 saturated carbocycles. The molecule has 2 unspecified atom stereocenters. The third-order valence-electron chi connectivity index (χ3n) is 2.85. The molecule has 0 radical (unpaired) electrons. The SMILES string of the molecule is CCCC(CC(O)COCC)(C(=O)O)C(=O)OCC. The van der Waals surface area contributed by atoms with Crippen LogP contribution >= 0.6 is 0 Å². The molecule has 2 atom stereocenters. The van der Waals surface area contributed by atoms with Crippen LogP contribution in [0.5, 0.6) is 0 Å². The lowest BCUT2D eigenvalue weighted by Gasteiger charge is -2.28. The summed E-state index contributed by atoms with van der Waals surface area (Å²) >= 11 is 0. The molecule has 0 fully saturated rings. The predicted molar refractivity (Wildman–Crippen MR) is 68.7 cm³/mol. The maximum Gasteiger partial charge on any atom is 0.323 e. The van der Waals surface area contributed by atoms with Crippen LogP contribution in [0.25, 0.3) is 0 Å². The molecule has 0 aromatic heterocycles. The highest BCUT2D eigenvalue weighted by Crippen LogP contribution is 2.32. The fourth-order valence-electron chi connectivity index (χ4n) is 1.98. The van der Waals surface area contributed by atoms with Crippen molar-refractivity contribution in [3.8, 4) is 0 Å². The van der Waals surface area contributed by atoms with Gasteiger partial charge < -0.3 is 19.7 Å². The lowest BCUT2D eigenvalue weighted by Crippen LogP contribution is -2.44. The van der Waals surface area contributed by atoms with Crippen LogP contribution < -0.4 is 0 Å². The summed E-state index contributed by atoms with van der Waals surface area (Å²) in [5, 5.41) is 19.2. The van der Waals surface area contributed by atoms with Gasteiger partial charge in [-0.05, 0) is 20.3 Å². The van der Waals surface area contributed by atoms with Gasteiger partial charge in [0.15, 0.2) is 5.41 Å². The maximum absolute atomic E-state index is 12.0. The second kappa shape index (κ2) is 8.87. The number of hydrogen-bond acceptors (Lipinski definition) is 5. The Morgan fingerprint density at radius 3 is 2.26 bits per heavy atom. The van der Waals surface area contributed by atoms with Gasteiger partial charge in [-0.1, -0.05) is 13.3 Å². The van der Waals surface area contributed by atoms with Gasteiger partial charge in [0.1, 0.15) is 0 Å². The summed E-state index contributed by atoms with van der Waals surface area (Å²) < 4.78 is 9.90. The number of aliphatic carboxylic acids is 1. The number of hydrogen-bond donors (Lipinski definition) is 2. The summed E-state index contributed by atoms with van der Waals surface area (Å²) in [4.78, 5) is 23.4. The second-order valence-corrected chi connectivity index (χ2v) is 4.38. The minimum absolute atomic E-state index is 0.00858. The van der Waals surface area contributed by atoms with Crippen LogP contribution in [0.2, 0.25) is 0 Å². The van der Waals surface area contributed by atoms with Crippen molar-refractivity contribution < 1.29 is 29.3 Å². The van der Waals surface area contributed by atoms with Gasteiger partial charge in [-0.15, -0.1) is 0 Å². The van der Waals surface area contributed by atoms with Gasteiger partial charge in [0.05, 0.1) is 19.3 Å². The van der Waals surface area contributed by atoms with E-state index in [0.29, 0.717) is 13.0 Å². The molecule has 0 amide bonds. The van der Waals surface area contributed by atoms with Crippen molar-refractivity contribution in [2.24, 2.45) is 5.41 Å². The molecule has 0 spiro atoms. The van der Waals surface area contributed by atoms with Crippen LogP contribution in [0, 0.1) is 5.41 Å². The Morgan fingerprint density at radius 2 is 1.84 bits per heavy atom. The van der Waals surface area contributed by atoms with Crippen LogP contribution in [-0.4, -0.2) is 48.1 Å². The molecule has 19 heavy (non-hydrogen) atoms. The van der Waals surface area contributed by atoms with Crippen molar-refractivity contribution >= 4 is 11.9 Å². The van der Waals surface area contributed by atoms with E-state index in [9.17, 15) is 19.8 Å². The van der Waals surface area contributed by atoms with Crippen molar-refractivity contribution in [2.45, 2.75) is 46.1 Å². The van der Waals surface area contributed by atoms with Gasteiger partial charge in [-0.25, -0.2) is 0 Å². The first-order chi connectivity index (χ1) is 8.94. The number of rotatable bonds is 10. The average molecular weight is 276 g/mol. The van der Waals surface area contributed by atoms with Gasteiger partial charge in [0.2, 0.25) is 0 Å². The largest absolute Gasteiger partial charge is 0.480 e. The van der Waals surface area contributed by atoms with Crippen LogP contribution in [0.4, 0.5) is 0 Å². The van der Waals surface area contributed by atoms with Crippen LogP contribution in [0.1, 0.15) is 40.0 Å². The third-order valence-corrected chi connectivity index (χ3v) is 2.85. The average Bonchev–Trinajstić information content (AvgIpc) is 2.35. The summed E-state index contributed by atoms with van der Waals surface area (Å²) in [6.07, 6.45) is -0.571. The number of carbonyl (C=O) groups is 2. The Hall–Kier alpha value is -1.14. The van der Waals surface area contributed by atoms with Crippen LogP contribution in [-0.2, 0) is 19.1 Å². The number of aliphatic hydroxyl groups excluding tert-OH is 1. The second-order valence-electron chi connectivity index (χ2n) is 4.38. The first kappa shape index (κ1) is 17.9. The molecule has 0 aliphatic rings. The first-order valence-electron chi connectivity index (χ1n) is 6.61. The number of carboxylic acid groups (broad SMARTS) is 1. The minimum atomic E-state index is -1.69. The Morgan fingerprint density at radius 1 is 1.21 bits per heavy atom. The predicted octanol–water partition coefficient (Wildman–Crippen LogP) is 1.21. The topological polar surface area (TPSA) is 93.1 Å². The highest BCUT2D eigenvalue weighted by molar-refractivity contribution is 5.99. The maximum atomic E-state index is 12.0. The standard InChI is InChI=1S/C13H24O6/c1-4-7-13(11(15)16,12(17)19-6-3)8-10(14)9-18-5-2/h10,14H,4-9H2,1-3H3,(H,15,16). The number of aliphatic hydroxyl groups is 1. The molecule has 2 N–H and O–H groups in total. The number of esters is 1. The molecule has 0 rings (SSSR count). The molecule has 6 nitrogen and oxygen atoms in total. The molecule has 0 saturated heterocycles. The van der Waals surface area contributed by atoms with Crippen molar-refractivity contribution in [1.82, 2.24) is 0 Å². The van der Waals surface area contributed by atoms with E-state index in [1.807, 2.05) is 0 Å². The molecule has 0 aliphatic carbocycles. The summed E-state index contributed by atoms with van der Waals surface area (Å²) in [5.74, 6) is -2.05. The normalized spacial score (nSPS) is 15.6. The molecule has 0 heterocycles. The number of carbonyl (C=O) groups excluding carboxylic acids is 1. The Bertz CT molecular complexity index is 291. The summed E-state index contributed by atoms with van der Waals surface area (Å²) in [6.45, 7) is 5.71.